The number of thiazole rings is 1. The van der Waals surface area contributed by atoms with Crippen LogP contribution >= 0.6 is 22.9 Å². The Hall–Kier alpha value is -2.48. The van der Waals surface area contributed by atoms with Crippen LogP contribution in [0.4, 0.5) is 0 Å². The van der Waals surface area contributed by atoms with Gasteiger partial charge in [0, 0.05) is 18.7 Å². The molecule has 0 saturated carbocycles. The van der Waals surface area contributed by atoms with Crippen LogP contribution in [-0.2, 0) is 27.2 Å². The van der Waals surface area contributed by atoms with Gasteiger partial charge in [-0.15, -0.1) is 0 Å². The van der Waals surface area contributed by atoms with Crippen LogP contribution in [0.3, 0.4) is 0 Å². The molecule has 152 valence electrons. The highest BCUT2D eigenvalue weighted by Crippen LogP contribution is 2.20. The van der Waals surface area contributed by atoms with Gasteiger partial charge in [0.15, 0.2) is 4.80 Å². The molecular weight excluding hydrogens is 412 g/mol. The third-order valence-corrected chi connectivity index (χ3v) is 5.64. The molecule has 1 amide bonds. The summed E-state index contributed by atoms with van der Waals surface area (Å²) < 4.78 is 13.0. The lowest BCUT2D eigenvalue weighted by Gasteiger charge is -2.05. The Morgan fingerprint density at radius 2 is 2.00 bits per heavy atom. The maximum atomic E-state index is 12.6. The third-order valence-electron chi connectivity index (χ3n) is 4.23. The minimum absolute atomic E-state index is 0.117. The number of hydrogen-bond acceptors (Lipinski definition) is 5. The number of nitrogens with zero attached hydrogens (tertiary/aromatic N) is 2. The van der Waals surface area contributed by atoms with Crippen molar-refractivity contribution in [2.24, 2.45) is 4.99 Å². The fourth-order valence-corrected chi connectivity index (χ4v) is 4.16. The number of carbonyl (C=O) groups is 2. The first kappa shape index (κ1) is 21.2. The Morgan fingerprint density at radius 1 is 1.21 bits per heavy atom. The summed E-state index contributed by atoms with van der Waals surface area (Å²) in [4.78, 5) is 29.5. The molecule has 0 saturated heterocycles. The molecule has 0 fully saturated rings. The summed E-state index contributed by atoms with van der Waals surface area (Å²) in [5, 5.41) is 0.540. The van der Waals surface area contributed by atoms with Gasteiger partial charge in [0.05, 0.1) is 35.4 Å². The molecule has 8 heteroatoms. The Labute approximate surface area is 177 Å². The number of rotatable bonds is 7. The maximum absolute atomic E-state index is 12.6. The van der Waals surface area contributed by atoms with E-state index in [1.165, 1.54) is 11.3 Å². The van der Waals surface area contributed by atoms with Crippen LogP contribution in [0.2, 0.25) is 5.02 Å². The number of hydrogen-bond donors (Lipinski definition) is 0. The summed E-state index contributed by atoms with van der Waals surface area (Å²) in [5.74, 6) is -0.666. The minimum atomic E-state index is -0.375. The molecule has 3 aromatic rings. The molecular formula is C21H21ClN2O4S. The zero-order valence-corrected chi connectivity index (χ0v) is 17.8. The molecule has 0 N–H and O–H groups in total. The van der Waals surface area contributed by atoms with Gasteiger partial charge in [-0.2, -0.15) is 4.99 Å². The van der Waals surface area contributed by atoms with E-state index < -0.39 is 0 Å². The second kappa shape index (κ2) is 9.82. The topological polar surface area (TPSA) is 69.9 Å². The summed E-state index contributed by atoms with van der Waals surface area (Å²) in [6.45, 7) is 3.08. The van der Waals surface area contributed by atoms with Crippen molar-refractivity contribution >= 4 is 45.0 Å². The molecule has 0 radical (unpaired) electrons. The van der Waals surface area contributed by atoms with E-state index in [-0.39, 0.29) is 18.3 Å². The average molecular weight is 433 g/mol. The van der Waals surface area contributed by atoms with Crippen LogP contribution in [0.1, 0.15) is 22.8 Å². The molecule has 1 heterocycles. The van der Waals surface area contributed by atoms with Gasteiger partial charge in [-0.3, -0.25) is 4.79 Å². The van der Waals surface area contributed by atoms with Crippen molar-refractivity contribution in [1.82, 2.24) is 4.57 Å². The fourth-order valence-electron chi connectivity index (χ4n) is 2.85. The predicted octanol–water partition coefficient (Wildman–Crippen LogP) is 3.85. The number of benzene rings is 2. The van der Waals surface area contributed by atoms with Crippen LogP contribution in [-0.4, -0.2) is 36.8 Å². The number of methoxy groups -OCH3 is 1. The molecule has 2 aromatic carbocycles. The fraction of sp³-hybridized carbons (Fsp3) is 0.286. The standard InChI is InChI=1S/C21H21ClN2O4S/c1-3-28-20(26)15-8-9-17-18(12-15)29-21(24(17)10-11-27-2)23-19(25)13-14-6-4-5-7-16(14)22/h4-9,12H,3,10-11,13H2,1-2H3. The monoisotopic (exact) mass is 432 g/mol. The van der Waals surface area contributed by atoms with Crippen LogP contribution in [0, 0.1) is 0 Å². The van der Waals surface area contributed by atoms with Crippen molar-refractivity contribution in [2.45, 2.75) is 19.9 Å². The highest BCUT2D eigenvalue weighted by atomic mass is 35.5. The molecule has 0 bridgehead atoms. The zero-order chi connectivity index (χ0) is 20.8. The molecule has 6 nitrogen and oxygen atoms in total. The van der Waals surface area contributed by atoms with E-state index >= 15 is 0 Å². The van der Waals surface area contributed by atoms with Gasteiger partial charge in [-0.05, 0) is 36.8 Å². The van der Waals surface area contributed by atoms with Gasteiger partial charge < -0.3 is 14.0 Å². The zero-order valence-electron chi connectivity index (χ0n) is 16.2. The predicted molar refractivity (Wildman–Crippen MR) is 113 cm³/mol. The van der Waals surface area contributed by atoms with Crippen molar-refractivity contribution in [3.8, 4) is 0 Å². The van der Waals surface area contributed by atoms with E-state index in [0.717, 1.165) is 15.8 Å². The Kier molecular flexibility index (Phi) is 7.19. The second-order valence-corrected chi connectivity index (χ2v) is 7.62. The van der Waals surface area contributed by atoms with E-state index in [4.69, 9.17) is 21.1 Å². The largest absolute Gasteiger partial charge is 0.462 e. The van der Waals surface area contributed by atoms with E-state index in [9.17, 15) is 9.59 Å². The molecule has 0 unspecified atom stereocenters. The molecule has 0 spiro atoms. The van der Waals surface area contributed by atoms with Gasteiger partial charge in [-0.25, -0.2) is 4.79 Å². The smallest absolute Gasteiger partial charge is 0.338 e. The summed E-state index contributed by atoms with van der Waals surface area (Å²) >= 11 is 7.50. The van der Waals surface area contributed by atoms with E-state index in [0.29, 0.717) is 35.1 Å². The molecule has 0 aliphatic rings. The lowest BCUT2D eigenvalue weighted by Crippen LogP contribution is -2.19. The molecule has 3 rings (SSSR count). The molecule has 0 aliphatic heterocycles. The highest BCUT2D eigenvalue weighted by molar-refractivity contribution is 7.16. The molecule has 29 heavy (non-hydrogen) atoms. The number of aromatic nitrogens is 1. The normalized spacial score (nSPS) is 11.8. The number of ether oxygens (including phenoxy) is 2. The first-order valence-electron chi connectivity index (χ1n) is 9.14. The van der Waals surface area contributed by atoms with Crippen LogP contribution in [0.15, 0.2) is 47.5 Å². The Balaban J connectivity index is 2.00. The summed E-state index contributed by atoms with van der Waals surface area (Å²) in [7, 11) is 1.62. The average Bonchev–Trinajstić information content (AvgIpc) is 3.04. The van der Waals surface area contributed by atoms with E-state index in [1.807, 2.05) is 28.8 Å². The van der Waals surface area contributed by atoms with Crippen molar-refractivity contribution in [1.29, 1.82) is 0 Å². The van der Waals surface area contributed by atoms with Crippen LogP contribution in [0.25, 0.3) is 10.2 Å². The summed E-state index contributed by atoms with van der Waals surface area (Å²) in [5.41, 5.74) is 2.08. The van der Waals surface area contributed by atoms with Crippen molar-refractivity contribution < 1.29 is 19.1 Å². The molecule has 0 aliphatic carbocycles. The quantitative estimate of drug-likeness (QED) is 0.532. The molecule has 0 atom stereocenters. The SMILES string of the molecule is CCOC(=O)c1ccc2c(c1)sc(=NC(=O)Cc1ccccc1Cl)n2CCOC. The van der Waals surface area contributed by atoms with E-state index in [1.54, 1.807) is 32.2 Å². The number of halogens is 1. The molecule has 1 aromatic heterocycles. The third kappa shape index (κ3) is 5.12. The Bertz CT molecular complexity index is 1100. The number of esters is 1. The lowest BCUT2D eigenvalue weighted by atomic mass is 10.1. The number of fused-ring (bicyclic) bond motifs is 1. The van der Waals surface area contributed by atoms with Crippen LogP contribution in [0.5, 0.6) is 0 Å². The lowest BCUT2D eigenvalue weighted by molar-refractivity contribution is -0.117. The summed E-state index contributed by atoms with van der Waals surface area (Å²) in [6, 6.07) is 12.5. The van der Waals surface area contributed by atoms with Crippen molar-refractivity contribution in [3.63, 3.8) is 0 Å². The maximum Gasteiger partial charge on any atom is 0.338 e. The van der Waals surface area contributed by atoms with Gasteiger partial charge >= 0.3 is 5.97 Å². The van der Waals surface area contributed by atoms with Gasteiger partial charge in [0.2, 0.25) is 0 Å². The second-order valence-electron chi connectivity index (χ2n) is 6.21. The number of amides is 1. The summed E-state index contributed by atoms with van der Waals surface area (Å²) in [6.07, 6.45) is 0.117. The van der Waals surface area contributed by atoms with Crippen molar-refractivity contribution in [2.75, 3.05) is 20.3 Å². The van der Waals surface area contributed by atoms with Crippen molar-refractivity contribution in [3.05, 3.63) is 63.4 Å². The van der Waals surface area contributed by atoms with Gasteiger partial charge in [0.25, 0.3) is 5.91 Å². The highest BCUT2D eigenvalue weighted by Gasteiger charge is 2.13. The van der Waals surface area contributed by atoms with Crippen LogP contribution < -0.4 is 4.80 Å². The first-order valence-corrected chi connectivity index (χ1v) is 10.3. The van der Waals surface area contributed by atoms with Gasteiger partial charge in [0.1, 0.15) is 0 Å². The number of carbonyl (C=O) groups excluding carboxylic acids is 2. The minimum Gasteiger partial charge on any atom is -0.462 e. The Morgan fingerprint density at radius 3 is 2.72 bits per heavy atom. The van der Waals surface area contributed by atoms with Gasteiger partial charge in [-0.1, -0.05) is 41.1 Å². The first-order chi connectivity index (χ1) is 14.0. The van der Waals surface area contributed by atoms with E-state index in [2.05, 4.69) is 4.99 Å².